The first-order chi connectivity index (χ1) is 11.3. The normalized spacial score (nSPS) is 15.0. The lowest BCUT2D eigenvalue weighted by atomic mass is 10.0. The Morgan fingerprint density at radius 1 is 1.21 bits per heavy atom. The summed E-state index contributed by atoms with van der Waals surface area (Å²) >= 11 is 12.2. The number of rotatable bonds is 6. The molecule has 0 bridgehead atoms. The highest BCUT2D eigenvalue weighted by molar-refractivity contribution is 6.41. The van der Waals surface area contributed by atoms with Crippen LogP contribution in [0.5, 0.6) is 0 Å². The highest BCUT2D eigenvalue weighted by Crippen LogP contribution is 2.36. The van der Waals surface area contributed by atoms with Gasteiger partial charge in [-0.3, -0.25) is 14.5 Å². The van der Waals surface area contributed by atoms with Crippen molar-refractivity contribution in [1.29, 1.82) is 0 Å². The summed E-state index contributed by atoms with van der Waals surface area (Å²) in [6.07, 6.45) is 0. The summed E-state index contributed by atoms with van der Waals surface area (Å²) < 4.78 is 0. The van der Waals surface area contributed by atoms with Crippen molar-refractivity contribution in [2.75, 3.05) is 26.7 Å². The number of carbonyl (C=O) groups excluding carboxylic acids is 2. The molecule has 1 aromatic rings. The van der Waals surface area contributed by atoms with Crippen molar-refractivity contribution in [2.24, 2.45) is 5.92 Å². The van der Waals surface area contributed by atoms with Gasteiger partial charge in [-0.1, -0.05) is 43.1 Å². The van der Waals surface area contributed by atoms with Gasteiger partial charge in [0.15, 0.2) is 0 Å². The van der Waals surface area contributed by atoms with Crippen LogP contribution in [0.3, 0.4) is 0 Å². The zero-order valence-corrected chi connectivity index (χ0v) is 15.4. The second kappa shape index (κ2) is 7.55. The molecule has 1 aromatic carbocycles. The molecule has 2 rings (SSSR count). The van der Waals surface area contributed by atoms with Gasteiger partial charge in [-0.25, -0.2) is 0 Å². The maximum absolute atomic E-state index is 12.9. The fourth-order valence-electron chi connectivity index (χ4n) is 2.65. The molecule has 1 N–H and O–H groups in total. The molecule has 0 spiro atoms. The minimum absolute atomic E-state index is 0.132. The first-order valence-electron chi connectivity index (χ1n) is 7.65. The largest absolute Gasteiger partial charge is 0.395 e. The second-order valence-electron chi connectivity index (χ2n) is 6.11. The second-order valence-corrected chi connectivity index (χ2v) is 6.95. The number of aliphatic hydroxyl groups is 1. The predicted octanol–water partition coefficient (Wildman–Crippen LogP) is 2.65. The maximum atomic E-state index is 12.9. The topological polar surface area (TPSA) is 60.9 Å². The van der Waals surface area contributed by atoms with Gasteiger partial charge < -0.3 is 10.0 Å². The molecule has 1 heterocycles. The fraction of sp³-hybridized carbons (Fsp3) is 0.412. The zero-order valence-electron chi connectivity index (χ0n) is 13.8. The lowest BCUT2D eigenvalue weighted by Crippen LogP contribution is -2.37. The maximum Gasteiger partial charge on any atom is 0.277 e. The number of hydrogen-bond donors (Lipinski definition) is 1. The van der Waals surface area contributed by atoms with Crippen molar-refractivity contribution in [3.63, 3.8) is 0 Å². The molecule has 1 aliphatic heterocycles. The summed E-state index contributed by atoms with van der Waals surface area (Å²) in [5, 5.41) is 9.95. The highest BCUT2D eigenvalue weighted by atomic mass is 35.5. The van der Waals surface area contributed by atoms with Crippen LogP contribution in [-0.4, -0.2) is 53.5 Å². The monoisotopic (exact) mass is 370 g/mol. The van der Waals surface area contributed by atoms with Gasteiger partial charge in [0.1, 0.15) is 5.70 Å². The predicted molar refractivity (Wildman–Crippen MR) is 94.7 cm³/mol. The summed E-state index contributed by atoms with van der Waals surface area (Å²) in [7, 11) is 1.67. The van der Waals surface area contributed by atoms with Crippen molar-refractivity contribution in [3.8, 4) is 0 Å². The van der Waals surface area contributed by atoms with E-state index in [9.17, 15) is 14.7 Å². The first kappa shape index (κ1) is 18.8. The Bertz CT molecular complexity index is 701. The van der Waals surface area contributed by atoms with E-state index in [1.54, 1.807) is 24.1 Å². The average Bonchev–Trinajstić information content (AvgIpc) is 2.72. The van der Waals surface area contributed by atoms with Gasteiger partial charge in [-0.15, -0.1) is 0 Å². The number of benzene rings is 1. The molecule has 0 aromatic heterocycles. The van der Waals surface area contributed by atoms with Gasteiger partial charge in [-0.2, -0.15) is 0 Å². The van der Waals surface area contributed by atoms with Gasteiger partial charge in [0.2, 0.25) is 0 Å². The van der Waals surface area contributed by atoms with Crippen LogP contribution < -0.4 is 0 Å². The number of carbonyl (C=O) groups is 2. The van der Waals surface area contributed by atoms with Crippen molar-refractivity contribution >= 4 is 40.6 Å². The molecule has 0 fully saturated rings. The van der Waals surface area contributed by atoms with Gasteiger partial charge in [0.05, 0.1) is 17.2 Å². The third-order valence-electron chi connectivity index (χ3n) is 3.71. The minimum Gasteiger partial charge on any atom is -0.395 e. The Morgan fingerprint density at radius 3 is 2.42 bits per heavy atom. The van der Waals surface area contributed by atoms with E-state index in [2.05, 4.69) is 0 Å². The molecule has 0 radical (unpaired) electrons. The summed E-state index contributed by atoms with van der Waals surface area (Å²) in [6.45, 7) is 4.30. The SMILES string of the molecule is CC(C)CN1C(=O)C(c2ccc(Cl)cc2Cl)=C(N(C)CCO)C1=O. The molecule has 1 aliphatic rings. The molecular formula is C17H20Cl2N2O3. The minimum atomic E-state index is -0.377. The molecular weight excluding hydrogens is 351 g/mol. The lowest BCUT2D eigenvalue weighted by molar-refractivity contribution is -0.138. The summed E-state index contributed by atoms with van der Waals surface area (Å²) in [5.74, 6) is -0.606. The summed E-state index contributed by atoms with van der Waals surface area (Å²) in [6, 6.07) is 4.80. The van der Waals surface area contributed by atoms with E-state index in [0.717, 1.165) is 0 Å². The standard InChI is InChI=1S/C17H20Cl2N2O3/c1-10(2)9-21-16(23)14(12-5-4-11(18)8-13(12)19)15(17(21)24)20(3)6-7-22/h4-5,8,10,22H,6-7,9H2,1-3H3. The van der Waals surface area contributed by atoms with E-state index in [1.165, 1.54) is 11.0 Å². The van der Waals surface area contributed by atoms with Crippen molar-refractivity contribution in [1.82, 2.24) is 9.80 Å². The Morgan fingerprint density at radius 2 is 1.88 bits per heavy atom. The molecule has 5 nitrogen and oxygen atoms in total. The number of halogens is 2. The Labute approximate surface area is 151 Å². The van der Waals surface area contributed by atoms with E-state index in [-0.39, 0.29) is 42.2 Å². The van der Waals surface area contributed by atoms with E-state index >= 15 is 0 Å². The van der Waals surface area contributed by atoms with Crippen LogP contribution >= 0.6 is 23.2 Å². The van der Waals surface area contributed by atoms with E-state index < -0.39 is 0 Å². The van der Waals surface area contributed by atoms with Crippen molar-refractivity contribution < 1.29 is 14.7 Å². The van der Waals surface area contributed by atoms with Gasteiger partial charge in [-0.05, 0) is 18.1 Å². The number of hydrogen-bond acceptors (Lipinski definition) is 4. The molecule has 130 valence electrons. The van der Waals surface area contributed by atoms with Crippen LogP contribution in [0.25, 0.3) is 5.57 Å². The van der Waals surface area contributed by atoms with Gasteiger partial charge in [0.25, 0.3) is 11.8 Å². The lowest BCUT2D eigenvalue weighted by Gasteiger charge is -2.21. The average molecular weight is 371 g/mol. The van der Waals surface area contributed by atoms with Crippen LogP contribution in [0.4, 0.5) is 0 Å². The van der Waals surface area contributed by atoms with Crippen molar-refractivity contribution in [3.05, 3.63) is 39.5 Å². The summed E-state index contributed by atoms with van der Waals surface area (Å²) in [4.78, 5) is 28.5. The highest BCUT2D eigenvalue weighted by Gasteiger charge is 2.41. The molecule has 0 aliphatic carbocycles. The number of amides is 2. The molecule has 0 atom stereocenters. The Hall–Kier alpha value is -1.56. The molecule has 7 heteroatoms. The summed E-state index contributed by atoms with van der Waals surface area (Å²) in [5.41, 5.74) is 0.961. The van der Waals surface area contributed by atoms with E-state index in [4.69, 9.17) is 23.2 Å². The van der Waals surface area contributed by atoms with Crippen LogP contribution in [0, 0.1) is 5.92 Å². The fourth-order valence-corrected chi connectivity index (χ4v) is 3.15. The van der Waals surface area contributed by atoms with Crippen LogP contribution in [0.15, 0.2) is 23.9 Å². The Kier molecular flexibility index (Phi) is 5.91. The third-order valence-corrected chi connectivity index (χ3v) is 4.26. The molecule has 24 heavy (non-hydrogen) atoms. The van der Waals surface area contributed by atoms with Crippen LogP contribution in [0.1, 0.15) is 19.4 Å². The molecule has 0 saturated carbocycles. The van der Waals surface area contributed by atoms with E-state index in [1.807, 2.05) is 13.8 Å². The Balaban J connectivity index is 2.58. The van der Waals surface area contributed by atoms with Gasteiger partial charge in [0, 0.05) is 30.7 Å². The molecule has 0 saturated heterocycles. The number of imide groups is 1. The zero-order chi connectivity index (χ0) is 18.0. The number of likely N-dealkylation sites (N-methyl/N-ethyl adjacent to an activating group) is 1. The van der Waals surface area contributed by atoms with Crippen molar-refractivity contribution in [2.45, 2.75) is 13.8 Å². The number of nitrogens with zero attached hydrogens (tertiary/aromatic N) is 2. The van der Waals surface area contributed by atoms with E-state index in [0.29, 0.717) is 22.2 Å². The quantitative estimate of drug-likeness (QED) is 0.781. The molecule has 0 unspecified atom stereocenters. The molecule has 2 amide bonds. The smallest absolute Gasteiger partial charge is 0.277 e. The van der Waals surface area contributed by atoms with Crippen LogP contribution in [0.2, 0.25) is 10.0 Å². The van der Waals surface area contributed by atoms with Gasteiger partial charge >= 0.3 is 0 Å². The first-order valence-corrected chi connectivity index (χ1v) is 8.41. The third kappa shape index (κ3) is 3.58. The van der Waals surface area contributed by atoms with Crippen LogP contribution in [-0.2, 0) is 9.59 Å². The number of aliphatic hydroxyl groups excluding tert-OH is 1.